The zero-order valence-corrected chi connectivity index (χ0v) is 14.0. The molecule has 1 heterocycles. The summed E-state index contributed by atoms with van der Waals surface area (Å²) in [7, 11) is 0. The number of carbonyl (C=O) groups excluding carboxylic acids is 1. The summed E-state index contributed by atoms with van der Waals surface area (Å²) in [6.45, 7) is 3.68. The van der Waals surface area contributed by atoms with Crippen molar-refractivity contribution in [3.05, 3.63) is 34.3 Å². The summed E-state index contributed by atoms with van der Waals surface area (Å²) in [6, 6.07) is 8.38. The van der Waals surface area contributed by atoms with E-state index in [9.17, 15) is 4.79 Å². The fraction of sp³-hybridized carbons (Fsp3) is 0.588. The van der Waals surface area contributed by atoms with Crippen LogP contribution >= 0.6 is 15.9 Å². The average Bonchev–Trinajstić information content (AvgIpc) is 2.84. The smallest absolute Gasteiger partial charge is 0.233 e. The minimum absolute atomic E-state index is 0.273. The standard InChI is InChI=1S/C17H23BrN2O/c18-15-6-4-14(5-7-15)17(8-1-2-9-17)16(21)20-12-3-10-19-11-13-20/h4-7,19H,1-3,8-13H2. The van der Waals surface area contributed by atoms with Gasteiger partial charge >= 0.3 is 0 Å². The molecule has 2 fully saturated rings. The highest BCUT2D eigenvalue weighted by Crippen LogP contribution is 2.43. The molecule has 1 aliphatic heterocycles. The highest BCUT2D eigenvalue weighted by Gasteiger charge is 2.44. The second kappa shape index (κ2) is 6.49. The van der Waals surface area contributed by atoms with Crippen LogP contribution in [0.25, 0.3) is 0 Å². The number of nitrogens with zero attached hydrogens (tertiary/aromatic N) is 1. The molecule has 0 unspecified atom stereocenters. The van der Waals surface area contributed by atoms with Gasteiger partial charge in [-0.1, -0.05) is 40.9 Å². The fourth-order valence-electron chi connectivity index (χ4n) is 3.72. The monoisotopic (exact) mass is 350 g/mol. The number of amides is 1. The average molecular weight is 351 g/mol. The molecule has 1 saturated heterocycles. The largest absolute Gasteiger partial charge is 0.341 e. The van der Waals surface area contributed by atoms with Crippen molar-refractivity contribution in [2.75, 3.05) is 26.2 Å². The van der Waals surface area contributed by atoms with Crippen LogP contribution in [0.2, 0.25) is 0 Å². The van der Waals surface area contributed by atoms with Gasteiger partial charge in [-0.15, -0.1) is 0 Å². The lowest BCUT2D eigenvalue weighted by atomic mass is 9.77. The van der Waals surface area contributed by atoms with Gasteiger partial charge in [-0.3, -0.25) is 4.79 Å². The maximum atomic E-state index is 13.2. The van der Waals surface area contributed by atoms with Crippen molar-refractivity contribution < 1.29 is 4.79 Å². The molecule has 0 radical (unpaired) electrons. The molecule has 1 saturated carbocycles. The van der Waals surface area contributed by atoms with E-state index in [1.807, 2.05) is 0 Å². The van der Waals surface area contributed by atoms with Crippen molar-refractivity contribution in [1.29, 1.82) is 0 Å². The highest BCUT2D eigenvalue weighted by molar-refractivity contribution is 9.10. The van der Waals surface area contributed by atoms with Crippen LogP contribution in [0.1, 0.15) is 37.7 Å². The van der Waals surface area contributed by atoms with Gasteiger partial charge in [0, 0.05) is 24.1 Å². The van der Waals surface area contributed by atoms with Gasteiger partial charge < -0.3 is 10.2 Å². The molecule has 0 spiro atoms. The lowest BCUT2D eigenvalue weighted by molar-refractivity contribution is -0.137. The Labute approximate surface area is 135 Å². The van der Waals surface area contributed by atoms with Crippen LogP contribution in [-0.4, -0.2) is 37.0 Å². The summed E-state index contributed by atoms with van der Waals surface area (Å²) >= 11 is 3.49. The van der Waals surface area contributed by atoms with Crippen LogP contribution in [-0.2, 0) is 10.2 Å². The zero-order chi connectivity index (χ0) is 14.7. The maximum absolute atomic E-state index is 13.2. The number of halogens is 1. The van der Waals surface area contributed by atoms with Crippen molar-refractivity contribution in [1.82, 2.24) is 10.2 Å². The van der Waals surface area contributed by atoms with Gasteiger partial charge in [-0.25, -0.2) is 0 Å². The molecule has 3 nitrogen and oxygen atoms in total. The molecule has 0 bridgehead atoms. The molecule has 2 aliphatic rings. The van der Waals surface area contributed by atoms with Crippen LogP contribution in [0.15, 0.2) is 28.7 Å². The molecule has 114 valence electrons. The predicted molar refractivity (Wildman–Crippen MR) is 88.4 cm³/mol. The first-order valence-corrected chi connectivity index (χ1v) is 8.78. The summed E-state index contributed by atoms with van der Waals surface area (Å²) in [6.07, 6.45) is 5.37. The fourth-order valence-corrected chi connectivity index (χ4v) is 3.99. The van der Waals surface area contributed by atoms with Crippen molar-refractivity contribution in [3.63, 3.8) is 0 Å². The van der Waals surface area contributed by atoms with Crippen LogP contribution in [0.5, 0.6) is 0 Å². The molecule has 21 heavy (non-hydrogen) atoms. The van der Waals surface area contributed by atoms with Crippen molar-refractivity contribution in [3.8, 4) is 0 Å². The molecule has 0 aromatic heterocycles. The Morgan fingerprint density at radius 2 is 1.76 bits per heavy atom. The Balaban J connectivity index is 1.89. The maximum Gasteiger partial charge on any atom is 0.233 e. The zero-order valence-electron chi connectivity index (χ0n) is 12.4. The second-order valence-electron chi connectivity index (χ2n) is 6.19. The summed E-state index contributed by atoms with van der Waals surface area (Å²) in [4.78, 5) is 15.3. The van der Waals surface area contributed by atoms with Crippen LogP contribution in [0.3, 0.4) is 0 Å². The third-order valence-electron chi connectivity index (χ3n) is 4.89. The van der Waals surface area contributed by atoms with E-state index in [-0.39, 0.29) is 5.41 Å². The van der Waals surface area contributed by atoms with Crippen LogP contribution in [0, 0.1) is 0 Å². The third-order valence-corrected chi connectivity index (χ3v) is 5.42. The quantitative estimate of drug-likeness (QED) is 0.888. The van der Waals surface area contributed by atoms with E-state index in [0.717, 1.165) is 62.8 Å². The SMILES string of the molecule is O=C(N1CCCNCC1)C1(c2ccc(Br)cc2)CCCC1. The normalized spacial score (nSPS) is 22.0. The Kier molecular flexibility index (Phi) is 4.65. The summed E-state index contributed by atoms with van der Waals surface area (Å²) in [5.74, 6) is 0.353. The number of carbonyl (C=O) groups is 1. The predicted octanol–water partition coefficient (Wildman–Crippen LogP) is 3.08. The van der Waals surface area contributed by atoms with Gasteiger partial charge in [0.25, 0.3) is 0 Å². The van der Waals surface area contributed by atoms with Crippen molar-refractivity contribution in [2.45, 2.75) is 37.5 Å². The summed E-state index contributed by atoms with van der Waals surface area (Å²) in [5.41, 5.74) is 0.927. The number of rotatable bonds is 2. The Bertz CT molecular complexity index is 486. The number of benzene rings is 1. The molecule has 1 aromatic rings. The molecular weight excluding hydrogens is 328 g/mol. The van der Waals surface area contributed by atoms with Crippen LogP contribution < -0.4 is 5.32 Å². The van der Waals surface area contributed by atoms with Crippen LogP contribution in [0.4, 0.5) is 0 Å². The first kappa shape index (κ1) is 15.0. The Morgan fingerprint density at radius 3 is 2.48 bits per heavy atom. The van der Waals surface area contributed by atoms with E-state index < -0.39 is 0 Å². The molecular formula is C17H23BrN2O. The van der Waals surface area contributed by atoms with Gasteiger partial charge in [0.05, 0.1) is 5.41 Å². The van der Waals surface area contributed by atoms with Gasteiger partial charge in [0.1, 0.15) is 0 Å². The summed E-state index contributed by atoms with van der Waals surface area (Å²) in [5, 5.41) is 3.38. The second-order valence-corrected chi connectivity index (χ2v) is 7.11. The molecule has 4 heteroatoms. The topological polar surface area (TPSA) is 32.3 Å². The minimum Gasteiger partial charge on any atom is -0.341 e. The molecule has 0 atom stereocenters. The molecule has 3 rings (SSSR count). The Hall–Kier alpha value is -0.870. The van der Waals surface area contributed by atoms with E-state index in [4.69, 9.17) is 0 Å². The van der Waals surface area contributed by atoms with E-state index in [1.54, 1.807) is 0 Å². The lowest BCUT2D eigenvalue weighted by Gasteiger charge is -2.34. The van der Waals surface area contributed by atoms with E-state index in [2.05, 4.69) is 50.4 Å². The Morgan fingerprint density at radius 1 is 1.05 bits per heavy atom. The number of hydrogen-bond acceptors (Lipinski definition) is 2. The third kappa shape index (κ3) is 3.02. The molecule has 1 N–H and O–H groups in total. The van der Waals surface area contributed by atoms with Crippen molar-refractivity contribution >= 4 is 21.8 Å². The van der Waals surface area contributed by atoms with Gasteiger partial charge in [0.15, 0.2) is 0 Å². The van der Waals surface area contributed by atoms with Gasteiger partial charge in [-0.05, 0) is 43.5 Å². The van der Waals surface area contributed by atoms with Gasteiger partial charge in [0.2, 0.25) is 5.91 Å². The highest BCUT2D eigenvalue weighted by atomic mass is 79.9. The first-order chi connectivity index (χ1) is 10.2. The molecule has 1 aromatic carbocycles. The summed E-state index contributed by atoms with van der Waals surface area (Å²) < 4.78 is 1.07. The number of nitrogens with one attached hydrogen (secondary N) is 1. The molecule has 1 amide bonds. The van der Waals surface area contributed by atoms with Crippen molar-refractivity contribution in [2.24, 2.45) is 0 Å². The van der Waals surface area contributed by atoms with Gasteiger partial charge in [-0.2, -0.15) is 0 Å². The first-order valence-electron chi connectivity index (χ1n) is 7.98. The van der Waals surface area contributed by atoms with E-state index >= 15 is 0 Å². The number of hydrogen-bond donors (Lipinski definition) is 1. The van der Waals surface area contributed by atoms with E-state index in [0.29, 0.717) is 5.91 Å². The minimum atomic E-state index is -0.273. The molecule has 1 aliphatic carbocycles. The lowest BCUT2D eigenvalue weighted by Crippen LogP contribution is -2.46. The van der Waals surface area contributed by atoms with E-state index in [1.165, 1.54) is 5.56 Å².